The maximum atomic E-state index is 10.7. The molecule has 0 saturated carbocycles. The summed E-state index contributed by atoms with van der Waals surface area (Å²) < 4.78 is 0. The Bertz CT molecular complexity index is 1250. The molecule has 0 aliphatic heterocycles. The summed E-state index contributed by atoms with van der Waals surface area (Å²) in [6.07, 6.45) is 2.30. The average Bonchev–Trinajstić information content (AvgIpc) is 2.80. The molecule has 2 N–H and O–H groups in total. The molecule has 0 radical (unpaired) electrons. The van der Waals surface area contributed by atoms with E-state index in [2.05, 4.69) is 42.5 Å². The highest BCUT2D eigenvalue weighted by molar-refractivity contribution is 6.31. The number of aliphatic hydroxyl groups excluding tert-OH is 1. The summed E-state index contributed by atoms with van der Waals surface area (Å²) in [5, 5.41) is 22.3. The minimum Gasteiger partial charge on any atom is -0.396 e. The SMILES string of the molecule is CC(C)(O)c1ccccc1C(CCO)c1cccc(CCc2ccc3ccc(Cl)cc3n2)c1. The molecule has 1 heterocycles. The van der Waals surface area contributed by atoms with Gasteiger partial charge in [-0.05, 0) is 73.6 Å². The van der Waals surface area contributed by atoms with Crippen molar-refractivity contribution in [3.63, 3.8) is 0 Å². The zero-order chi connectivity index (χ0) is 23.4. The Labute approximate surface area is 200 Å². The Balaban J connectivity index is 1.59. The number of aliphatic hydroxyl groups is 2. The number of hydrogen-bond donors (Lipinski definition) is 2. The third kappa shape index (κ3) is 5.62. The highest BCUT2D eigenvalue weighted by Crippen LogP contribution is 2.35. The lowest BCUT2D eigenvalue weighted by Crippen LogP contribution is -2.20. The molecule has 1 aromatic heterocycles. The first-order valence-corrected chi connectivity index (χ1v) is 11.8. The molecular weight excluding hydrogens is 430 g/mol. The number of fused-ring (bicyclic) bond motifs is 1. The second-order valence-corrected chi connectivity index (χ2v) is 9.53. The molecule has 0 fully saturated rings. The van der Waals surface area contributed by atoms with Gasteiger partial charge in [0.1, 0.15) is 0 Å². The van der Waals surface area contributed by atoms with Crippen LogP contribution in [0.3, 0.4) is 0 Å². The smallest absolute Gasteiger partial charge is 0.0843 e. The molecule has 1 unspecified atom stereocenters. The molecule has 4 heteroatoms. The first kappa shape index (κ1) is 23.4. The van der Waals surface area contributed by atoms with E-state index in [-0.39, 0.29) is 12.5 Å². The summed E-state index contributed by atoms with van der Waals surface area (Å²) in [5.74, 6) is 0.0125. The van der Waals surface area contributed by atoms with E-state index in [0.29, 0.717) is 11.4 Å². The normalized spacial score (nSPS) is 12.8. The molecule has 3 aromatic carbocycles. The van der Waals surface area contributed by atoms with Crippen molar-refractivity contribution in [3.8, 4) is 0 Å². The van der Waals surface area contributed by atoms with Crippen molar-refractivity contribution in [2.24, 2.45) is 0 Å². The van der Waals surface area contributed by atoms with Gasteiger partial charge in [0.05, 0.1) is 11.1 Å². The predicted octanol–water partition coefficient (Wildman–Crippen LogP) is 6.42. The molecular formula is C29H30ClNO2. The minimum atomic E-state index is -0.952. The van der Waals surface area contributed by atoms with Gasteiger partial charge in [-0.25, -0.2) is 0 Å². The minimum absolute atomic E-state index is 0.0125. The molecule has 1 atom stereocenters. The predicted molar refractivity (Wildman–Crippen MR) is 136 cm³/mol. The standard InChI is InChI=1S/C29H30ClNO2/c1-29(2,33)27-9-4-3-8-26(27)25(16-17-32)22-7-5-6-20(18-22)10-14-24-15-12-21-11-13-23(30)19-28(21)31-24/h3-9,11-13,15,18-19,25,32-33H,10,14,16-17H2,1-2H3. The number of nitrogens with zero attached hydrogens (tertiary/aromatic N) is 1. The molecule has 4 rings (SSSR count). The highest BCUT2D eigenvalue weighted by atomic mass is 35.5. The van der Waals surface area contributed by atoms with Crippen LogP contribution in [0.25, 0.3) is 10.9 Å². The van der Waals surface area contributed by atoms with Crippen LogP contribution >= 0.6 is 11.6 Å². The van der Waals surface area contributed by atoms with Crippen LogP contribution in [-0.4, -0.2) is 21.8 Å². The Kier molecular flexibility index (Phi) is 7.14. The van der Waals surface area contributed by atoms with Crippen molar-refractivity contribution in [1.82, 2.24) is 4.98 Å². The summed E-state index contributed by atoms with van der Waals surface area (Å²) in [4.78, 5) is 4.78. The van der Waals surface area contributed by atoms with Gasteiger partial charge < -0.3 is 10.2 Å². The van der Waals surface area contributed by atoms with Crippen molar-refractivity contribution in [1.29, 1.82) is 0 Å². The van der Waals surface area contributed by atoms with Crippen molar-refractivity contribution in [2.45, 2.75) is 44.6 Å². The third-order valence-corrected chi connectivity index (χ3v) is 6.38. The van der Waals surface area contributed by atoms with Crippen LogP contribution in [0.15, 0.2) is 78.9 Å². The van der Waals surface area contributed by atoms with E-state index in [9.17, 15) is 10.2 Å². The molecule has 170 valence electrons. The van der Waals surface area contributed by atoms with E-state index in [1.165, 1.54) is 5.56 Å². The summed E-state index contributed by atoms with van der Waals surface area (Å²) in [7, 11) is 0. The van der Waals surface area contributed by atoms with Crippen LogP contribution < -0.4 is 0 Å². The topological polar surface area (TPSA) is 53.4 Å². The van der Waals surface area contributed by atoms with Gasteiger partial charge in [0.25, 0.3) is 0 Å². The Hall–Kier alpha value is -2.72. The number of pyridine rings is 1. The summed E-state index contributed by atoms with van der Waals surface area (Å²) in [6.45, 7) is 3.70. The van der Waals surface area contributed by atoms with E-state index >= 15 is 0 Å². The monoisotopic (exact) mass is 459 g/mol. The van der Waals surface area contributed by atoms with Crippen LogP contribution in [0.4, 0.5) is 0 Å². The van der Waals surface area contributed by atoms with Gasteiger partial charge in [0.2, 0.25) is 0 Å². The Morgan fingerprint density at radius 2 is 1.70 bits per heavy atom. The van der Waals surface area contributed by atoms with Crippen molar-refractivity contribution < 1.29 is 10.2 Å². The van der Waals surface area contributed by atoms with Crippen LogP contribution in [-0.2, 0) is 18.4 Å². The van der Waals surface area contributed by atoms with Crippen molar-refractivity contribution in [2.75, 3.05) is 6.61 Å². The van der Waals surface area contributed by atoms with E-state index in [1.54, 1.807) is 0 Å². The van der Waals surface area contributed by atoms with Gasteiger partial charge >= 0.3 is 0 Å². The van der Waals surface area contributed by atoms with Crippen LogP contribution in [0.2, 0.25) is 5.02 Å². The van der Waals surface area contributed by atoms with Crippen molar-refractivity contribution >= 4 is 22.5 Å². The first-order valence-electron chi connectivity index (χ1n) is 11.4. The number of aryl methyl sites for hydroxylation is 2. The van der Waals surface area contributed by atoms with E-state index < -0.39 is 5.60 Å². The number of halogens is 1. The van der Waals surface area contributed by atoms with Gasteiger partial charge in [-0.3, -0.25) is 4.98 Å². The second-order valence-electron chi connectivity index (χ2n) is 9.10. The van der Waals surface area contributed by atoms with Crippen LogP contribution in [0, 0.1) is 0 Å². The van der Waals surface area contributed by atoms with Gasteiger partial charge in [0, 0.05) is 28.6 Å². The molecule has 0 spiro atoms. The quantitative estimate of drug-likeness (QED) is 0.320. The fourth-order valence-electron chi connectivity index (χ4n) is 4.50. The maximum absolute atomic E-state index is 10.7. The largest absolute Gasteiger partial charge is 0.396 e. The lowest BCUT2D eigenvalue weighted by molar-refractivity contribution is 0.0772. The lowest BCUT2D eigenvalue weighted by atomic mass is 9.81. The zero-order valence-electron chi connectivity index (χ0n) is 19.1. The van der Waals surface area contributed by atoms with Gasteiger partial charge in [-0.1, -0.05) is 72.3 Å². The maximum Gasteiger partial charge on any atom is 0.0843 e. The van der Waals surface area contributed by atoms with Crippen molar-refractivity contribution in [3.05, 3.63) is 112 Å². The Morgan fingerprint density at radius 1 is 0.909 bits per heavy atom. The molecule has 0 bridgehead atoms. The molecule has 4 aromatic rings. The summed E-state index contributed by atoms with van der Waals surface area (Å²) in [5.41, 5.74) is 5.33. The molecule has 3 nitrogen and oxygen atoms in total. The fourth-order valence-corrected chi connectivity index (χ4v) is 4.66. The lowest BCUT2D eigenvalue weighted by Gasteiger charge is -2.27. The molecule has 0 amide bonds. The third-order valence-electron chi connectivity index (χ3n) is 6.15. The molecule has 0 aliphatic rings. The van der Waals surface area contributed by atoms with E-state index in [0.717, 1.165) is 46.1 Å². The number of hydrogen-bond acceptors (Lipinski definition) is 3. The first-order chi connectivity index (χ1) is 15.8. The van der Waals surface area contributed by atoms with Gasteiger partial charge in [-0.15, -0.1) is 0 Å². The van der Waals surface area contributed by atoms with Gasteiger partial charge in [0.15, 0.2) is 0 Å². The van der Waals surface area contributed by atoms with Crippen LogP contribution in [0.1, 0.15) is 54.1 Å². The molecule has 0 aliphatic carbocycles. The van der Waals surface area contributed by atoms with E-state index in [1.807, 2.05) is 50.2 Å². The fraction of sp³-hybridized carbons (Fsp3) is 0.276. The highest BCUT2D eigenvalue weighted by Gasteiger charge is 2.25. The van der Waals surface area contributed by atoms with Gasteiger partial charge in [-0.2, -0.15) is 0 Å². The zero-order valence-corrected chi connectivity index (χ0v) is 19.9. The Morgan fingerprint density at radius 3 is 2.48 bits per heavy atom. The molecule has 0 saturated heterocycles. The number of aromatic nitrogens is 1. The molecule has 33 heavy (non-hydrogen) atoms. The van der Waals surface area contributed by atoms with Crippen LogP contribution in [0.5, 0.6) is 0 Å². The summed E-state index contributed by atoms with van der Waals surface area (Å²) in [6, 6.07) is 26.5. The summed E-state index contributed by atoms with van der Waals surface area (Å²) >= 11 is 6.13. The average molecular weight is 460 g/mol. The van der Waals surface area contributed by atoms with E-state index in [4.69, 9.17) is 16.6 Å². The second kappa shape index (κ2) is 10.0. The number of benzene rings is 3. The number of rotatable bonds is 8.